The van der Waals surface area contributed by atoms with Gasteiger partial charge >= 0.3 is 5.97 Å². The number of aliphatic imine (C=N–C) groups is 1. The average Bonchev–Trinajstić information content (AvgIpc) is 2.89. The van der Waals surface area contributed by atoms with Gasteiger partial charge in [0.25, 0.3) is 0 Å². The summed E-state index contributed by atoms with van der Waals surface area (Å²) >= 11 is 0. The number of para-hydroxylation sites is 1. The molecule has 0 amide bonds. The van der Waals surface area contributed by atoms with Crippen LogP contribution in [0.1, 0.15) is 18.0 Å². The van der Waals surface area contributed by atoms with Crippen molar-refractivity contribution in [2.45, 2.75) is 12.5 Å². The van der Waals surface area contributed by atoms with Crippen molar-refractivity contribution in [1.82, 2.24) is 9.88 Å². The summed E-state index contributed by atoms with van der Waals surface area (Å²) in [6.07, 6.45) is 3.76. The molecule has 0 bridgehead atoms. The van der Waals surface area contributed by atoms with E-state index >= 15 is 0 Å². The largest absolute Gasteiger partial charge is 0.469 e. The molecule has 2 aliphatic rings. The van der Waals surface area contributed by atoms with Crippen LogP contribution in [0.5, 0.6) is 0 Å². The number of pyridine rings is 1. The Labute approximate surface area is 198 Å². The minimum absolute atomic E-state index is 0.154. The Morgan fingerprint density at radius 3 is 2.32 bits per heavy atom. The lowest BCUT2D eigenvalue weighted by atomic mass is 9.97. The lowest BCUT2D eigenvalue weighted by Crippen LogP contribution is -2.55. The van der Waals surface area contributed by atoms with Crippen molar-refractivity contribution in [1.29, 1.82) is 0 Å². The SMILES string of the molecule is COC(=O)CC1c2ccccc2N=C(N2CCN(c3ccncc3)CC2)N1c1ccc(F)cc1. The van der Waals surface area contributed by atoms with Gasteiger partial charge in [-0.05, 0) is 42.5 Å². The number of guanidine groups is 1. The van der Waals surface area contributed by atoms with Crippen LogP contribution in [-0.4, -0.2) is 55.1 Å². The maximum absolute atomic E-state index is 13.8. The van der Waals surface area contributed by atoms with E-state index in [2.05, 4.69) is 14.8 Å². The van der Waals surface area contributed by atoms with Crippen LogP contribution in [0.3, 0.4) is 0 Å². The molecule has 1 saturated heterocycles. The molecule has 2 aliphatic heterocycles. The van der Waals surface area contributed by atoms with Crippen LogP contribution in [0, 0.1) is 5.82 Å². The zero-order chi connectivity index (χ0) is 23.5. The Morgan fingerprint density at radius 2 is 1.62 bits per heavy atom. The smallest absolute Gasteiger partial charge is 0.307 e. The molecule has 1 unspecified atom stereocenters. The number of rotatable bonds is 4. The summed E-state index contributed by atoms with van der Waals surface area (Å²) in [4.78, 5) is 28.2. The fourth-order valence-corrected chi connectivity index (χ4v) is 4.59. The number of benzene rings is 2. The van der Waals surface area contributed by atoms with Gasteiger partial charge in [0.05, 0.1) is 25.3 Å². The Kier molecular flexibility index (Phi) is 6.12. The van der Waals surface area contributed by atoms with Crippen molar-refractivity contribution in [2.24, 2.45) is 4.99 Å². The van der Waals surface area contributed by atoms with Gasteiger partial charge in [-0.15, -0.1) is 0 Å². The van der Waals surface area contributed by atoms with Crippen LogP contribution in [0.4, 0.5) is 21.5 Å². The summed E-state index contributed by atoms with van der Waals surface area (Å²) in [5.41, 5.74) is 3.70. The summed E-state index contributed by atoms with van der Waals surface area (Å²) in [6.45, 7) is 3.16. The molecule has 174 valence electrons. The van der Waals surface area contributed by atoms with Crippen LogP contribution in [0.2, 0.25) is 0 Å². The highest BCUT2D eigenvalue weighted by Gasteiger charge is 2.36. The van der Waals surface area contributed by atoms with Gasteiger partial charge in [0, 0.05) is 55.5 Å². The summed E-state index contributed by atoms with van der Waals surface area (Å²) in [5.74, 6) is 0.138. The van der Waals surface area contributed by atoms with Crippen LogP contribution < -0.4 is 9.80 Å². The second-order valence-corrected chi connectivity index (χ2v) is 8.29. The molecule has 34 heavy (non-hydrogen) atoms. The van der Waals surface area contributed by atoms with Gasteiger partial charge in [0.1, 0.15) is 5.82 Å². The quantitative estimate of drug-likeness (QED) is 0.546. The number of carbonyl (C=O) groups excluding carboxylic acids is 1. The number of methoxy groups -OCH3 is 1. The predicted octanol–water partition coefficient (Wildman–Crippen LogP) is 4.15. The zero-order valence-electron chi connectivity index (χ0n) is 19.0. The molecule has 1 atom stereocenters. The van der Waals surface area contributed by atoms with E-state index in [1.54, 1.807) is 24.5 Å². The minimum Gasteiger partial charge on any atom is -0.469 e. The van der Waals surface area contributed by atoms with Gasteiger partial charge in [-0.2, -0.15) is 0 Å². The number of aromatic nitrogens is 1. The lowest BCUT2D eigenvalue weighted by Gasteiger charge is -2.45. The number of anilines is 2. The van der Waals surface area contributed by atoms with E-state index in [-0.39, 0.29) is 24.2 Å². The standard InChI is InChI=1S/C26H26FN5O2/c1-34-25(33)18-24-22-4-2-3-5-23(22)29-26(32(24)21-8-6-19(27)7-9-21)31-16-14-30(15-17-31)20-10-12-28-13-11-20/h2-13,24H,14-18H2,1H3. The van der Waals surface area contributed by atoms with Gasteiger partial charge in [0.2, 0.25) is 5.96 Å². The fourth-order valence-electron chi connectivity index (χ4n) is 4.59. The van der Waals surface area contributed by atoms with Gasteiger partial charge in [-0.25, -0.2) is 9.38 Å². The summed E-state index contributed by atoms with van der Waals surface area (Å²) in [5, 5.41) is 0. The van der Waals surface area contributed by atoms with E-state index in [4.69, 9.17) is 9.73 Å². The topological polar surface area (TPSA) is 61.3 Å². The molecule has 1 fully saturated rings. The Balaban J connectivity index is 1.51. The first-order valence-electron chi connectivity index (χ1n) is 11.3. The molecule has 3 heterocycles. The van der Waals surface area contributed by atoms with Crippen molar-refractivity contribution in [3.63, 3.8) is 0 Å². The van der Waals surface area contributed by atoms with Crippen molar-refractivity contribution in [2.75, 3.05) is 43.1 Å². The fraction of sp³-hybridized carbons (Fsp3) is 0.269. The number of carbonyl (C=O) groups is 1. The number of ether oxygens (including phenoxy) is 1. The van der Waals surface area contributed by atoms with Gasteiger partial charge in [0.15, 0.2) is 0 Å². The second kappa shape index (κ2) is 9.51. The number of piperazine rings is 1. The first kappa shape index (κ1) is 21.9. The third-order valence-electron chi connectivity index (χ3n) is 6.33. The highest BCUT2D eigenvalue weighted by atomic mass is 19.1. The van der Waals surface area contributed by atoms with E-state index in [1.807, 2.05) is 41.3 Å². The average molecular weight is 460 g/mol. The Hall–Kier alpha value is -3.94. The molecule has 0 N–H and O–H groups in total. The molecule has 0 aliphatic carbocycles. The molecule has 0 radical (unpaired) electrons. The number of fused-ring (bicyclic) bond motifs is 1. The van der Waals surface area contributed by atoms with E-state index in [0.717, 1.165) is 54.8 Å². The number of hydrogen-bond acceptors (Lipinski definition) is 7. The third kappa shape index (κ3) is 4.31. The molecule has 0 saturated carbocycles. The van der Waals surface area contributed by atoms with E-state index < -0.39 is 0 Å². The van der Waals surface area contributed by atoms with E-state index in [1.165, 1.54) is 19.2 Å². The molecule has 5 rings (SSSR count). The van der Waals surface area contributed by atoms with Crippen molar-refractivity contribution >= 4 is 29.0 Å². The lowest BCUT2D eigenvalue weighted by molar-refractivity contribution is -0.141. The maximum atomic E-state index is 13.8. The van der Waals surface area contributed by atoms with Crippen molar-refractivity contribution < 1.29 is 13.9 Å². The number of nitrogens with zero attached hydrogens (tertiary/aromatic N) is 5. The summed E-state index contributed by atoms with van der Waals surface area (Å²) < 4.78 is 18.8. The van der Waals surface area contributed by atoms with E-state index in [0.29, 0.717) is 0 Å². The van der Waals surface area contributed by atoms with E-state index in [9.17, 15) is 9.18 Å². The van der Waals surface area contributed by atoms with Crippen LogP contribution in [-0.2, 0) is 9.53 Å². The maximum Gasteiger partial charge on any atom is 0.307 e. The first-order chi connectivity index (χ1) is 16.6. The summed E-state index contributed by atoms with van der Waals surface area (Å²) in [7, 11) is 1.40. The first-order valence-corrected chi connectivity index (χ1v) is 11.3. The normalized spacial score (nSPS) is 17.8. The van der Waals surface area contributed by atoms with Gasteiger partial charge in [-0.3, -0.25) is 9.78 Å². The van der Waals surface area contributed by atoms with Gasteiger partial charge in [-0.1, -0.05) is 18.2 Å². The highest BCUT2D eigenvalue weighted by Crippen LogP contribution is 2.40. The van der Waals surface area contributed by atoms with Crippen LogP contribution in [0.15, 0.2) is 78.0 Å². The number of esters is 1. The number of halogens is 1. The molecule has 8 heteroatoms. The summed E-state index contributed by atoms with van der Waals surface area (Å²) in [6, 6.07) is 17.9. The van der Waals surface area contributed by atoms with Gasteiger partial charge < -0.3 is 19.4 Å². The van der Waals surface area contributed by atoms with Crippen molar-refractivity contribution in [3.8, 4) is 0 Å². The van der Waals surface area contributed by atoms with Crippen molar-refractivity contribution in [3.05, 3.63) is 84.4 Å². The molecule has 1 aromatic heterocycles. The van der Waals surface area contributed by atoms with Crippen LogP contribution in [0.25, 0.3) is 0 Å². The Morgan fingerprint density at radius 1 is 0.941 bits per heavy atom. The molecular weight excluding hydrogens is 433 g/mol. The Bertz CT molecular complexity index is 1180. The van der Waals surface area contributed by atoms with Crippen LogP contribution >= 0.6 is 0 Å². The minimum atomic E-state index is -0.320. The molecule has 3 aromatic rings. The molecule has 0 spiro atoms. The number of hydrogen-bond donors (Lipinski definition) is 0. The predicted molar refractivity (Wildman–Crippen MR) is 130 cm³/mol. The highest BCUT2D eigenvalue weighted by molar-refractivity contribution is 6.01. The second-order valence-electron chi connectivity index (χ2n) is 8.29. The third-order valence-corrected chi connectivity index (χ3v) is 6.33. The molecule has 7 nitrogen and oxygen atoms in total. The zero-order valence-corrected chi connectivity index (χ0v) is 19.0. The molecular formula is C26H26FN5O2. The molecule has 2 aromatic carbocycles. The monoisotopic (exact) mass is 459 g/mol.